The molecule has 3 nitrogen and oxygen atoms in total. The van der Waals surface area contributed by atoms with Crippen LogP contribution in [0.2, 0.25) is 0 Å². The number of benzene rings is 1. The molecular formula is C12H15NO2. The minimum Gasteiger partial charge on any atom is -0.460 e. The molecule has 0 amide bonds. The topological polar surface area (TPSA) is 29.5 Å². The van der Waals surface area contributed by atoms with Gasteiger partial charge in [0.05, 0.1) is 6.54 Å². The highest BCUT2D eigenvalue weighted by Gasteiger charge is 2.24. The molecule has 1 fully saturated rings. The number of ether oxygens (including phenoxy) is 1. The predicted molar refractivity (Wildman–Crippen MR) is 58.8 cm³/mol. The van der Waals surface area contributed by atoms with E-state index < -0.39 is 0 Å². The van der Waals surface area contributed by atoms with E-state index in [4.69, 9.17) is 4.74 Å². The van der Waals surface area contributed by atoms with Crippen LogP contribution in [0.3, 0.4) is 0 Å². The van der Waals surface area contributed by atoms with Crippen molar-refractivity contribution in [3.8, 4) is 0 Å². The summed E-state index contributed by atoms with van der Waals surface area (Å²) in [6, 6.07) is 10.1. The van der Waals surface area contributed by atoms with Crippen LogP contribution < -0.4 is 4.90 Å². The number of carbonyl (C=O) groups is 1. The number of para-hydroxylation sites is 1. The summed E-state index contributed by atoms with van der Waals surface area (Å²) in [7, 11) is 2.02. The first kappa shape index (κ1) is 10.0. The monoisotopic (exact) mass is 205 g/mol. The standard InChI is InChI=1S/C12H15NO2/c1-13(10-5-3-2-4-6-10)9-11-7-8-12(14)15-11/h2-6,11H,7-9H2,1H3. The van der Waals surface area contributed by atoms with E-state index in [9.17, 15) is 4.79 Å². The molecule has 1 aliphatic rings. The summed E-state index contributed by atoms with van der Waals surface area (Å²) < 4.78 is 5.17. The quantitative estimate of drug-likeness (QED) is 0.705. The van der Waals surface area contributed by atoms with Gasteiger partial charge in [-0.25, -0.2) is 0 Å². The maximum Gasteiger partial charge on any atom is 0.306 e. The molecule has 80 valence electrons. The Balaban J connectivity index is 1.92. The maximum absolute atomic E-state index is 10.9. The number of carbonyl (C=O) groups excluding carboxylic acids is 1. The maximum atomic E-state index is 10.9. The molecule has 2 rings (SSSR count). The van der Waals surface area contributed by atoms with Crippen LogP contribution in [-0.2, 0) is 9.53 Å². The van der Waals surface area contributed by atoms with Gasteiger partial charge in [0.2, 0.25) is 0 Å². The van der Waals surface area contributed by atoms with Crippen LogP contribution in [0.15, 0.2) is 30.3 Å². The number of nitrogens with zero attached hydrogens (tertiary/aromatic N) is 1. The lowest BCUT2D eigenvalue weighted by atomic mass is 10.2. The highest BCUT2D eigenvalue weighted by Crippen LogP contribution is 2.18. The van der Waals surface area contributed by atoms with Crippen LogP contribution in [0.25, 0.3) is 0 Å². The molecule has 0 N–H and O–H groups in total. The molecule has 15 heavy (non-hydrogen) atoms. The average Bonchev–Trinajstić information content (AvgIpc) is 2.65. The Labute approximate surface area is 89.7 Å². The molecule has 1 aliphatic heterocycles. The summed E-state index contributed by atoms with van der Waals surface area (Å²) in [6.45, 7) is 0.774. The summed E-state index contributed by atoms with van der Waals surface area (Å²) in [5.41, 5.74) is 1.15. The van der Waals surface area contributed by atoms with E-state index in [1.54, 1.807) is 0 Å². The fraction of sp³-hybridized carbons (Fsp3) is 0.417. The normalized spacial score (nSPS) is 20.1. The van der Waals surface area contributed by atoms with Gasteiger partial charge in [0.1, 0.15) is 6.10 Å². The molecule has 0 aromatic heterocycles. The van der Waals surface area contributed by atoms with Crippen molar-refractivity contribution in [2.45, 2.75) is 18.9 Å². The van der Waals surface area contributed by atoms with Gasteiger partial charge in [-0.1, -0.05) is 18.2 Å². The van der Waals surface area contributed by atoms with Crippen LogP contribution in [0.4, 0.5) is 5.69 Å². The zero-order valence-electron chi connectivity index (χ0n) is 8.85. The summed E-state index contributed by atoms with van der Waals surface area (Å²) in [5, 5.41) is 0. The van der Waals surface area contributed by atoms with Gasteiger partial charge < -0.3 is 9.64 Å². The van der Waals surface area contributed by atoms with Crippen molar-refractivity contribution >= 4 is 11.7 Å². The van der Waals surface area contributed by atoms with Gasteiger partial charge in [0.25, 0.3) is 0 Å². The Kier molecular flexibility index (Phi) is 2.90. The Morgan fingerprint density at radius 3 is 2.73 bits per heavy atom. The van der Waals surface area contributed by atoms with Crippen LogP contribution in [0.5, 0.6) is 0 Å². The molecule has 0 spiro atoms. The fourth-order valence-electron chi connectivity index (χ4n) is 1.80. The van der Waals surface area contributed by atoms with Gasteiger partial charge in [-0.3, -0.25) is 4.79 Å². The molecule has 0 radical (unpaired) electrons. The molecule has 0 saturated carbocycles. The van der Waals surface area contributed by atoms with Gasteiger partial charge in [-0.05, 0) is 18.6 Å². The van der Waals surface area contributed by atoms with Gasteiger partial charge in [0.15, 0.2) is 0 Å². The second-order valence-corrected chi connectivity index (χ2v) is 3.87. The zero-order chi connectivity index (χ0) is 10.7. The largest absolute Gasteiger partial charge is 0.460 e. The molecule has 0 bridgehead atoms. The lowest BCUT2D eigenvalue weighted by molar-refractivity contribution is -0.141. The highest BCUT2D eigenvalue weighted by molar-refractivity contribution is 5.71. The van der Waals surface area contributed by atoms with Crippen LogP contribution >= 0.6 is 0 Å². The van der Waals surface area contributed by atoms with E-state index in [0.29, 0.717) is 6.42 Å². The molecule has 1 aromatic rings. The summed E-state index contributed by atoms with van der Waals surface area (Å²) >= 11 is 0. The van der Waals surface area contributed by atoms with Crippen molar-refractivity contribution in [2.24, 2.45) is 0 Å². The fourth-order valence-corrected chi connectivity index (χ4v) is 1.80. The molecule has 1 unspecified atom stereocenters. The Hall–Kier alpha value is -1.51. The molecule has 0 aliphatic carbocycles. The second-order valence-electron chi connectivity index (χ2n) is 3.87. The number of cyclic esters (lactones) is 1. The van der Waals surface area contributed by atoms with Gasteiger partial charge in [-0.2, -0.15) is 0 Å². The van der Waals surface area contributed by atoms with Crippen molar-refractivity contribution < 1.29 is 9.53 Å². The van der Waals surface area contributed by atoms with E-state index >= 15 is 0 Å². The van der Waals surface area contributed by atoms with E-state index in [1.165, 1.54) is 0 Å². The molecule has 1 heterocycles. The van der Waals surface area contributed by atoms with Crippen molar-refractivity contribution in [1.29, 1.82) is 0 Å². The van der Waals surface area contributed by atoms with E-state index in [2.05, 4.69) is 17.0 Å². The highest BCUT2D eigenvalue weighted by atomic mass is 16.5. The predicted octanol–water partition coefficient (Wildman–Crippen LogP) is 1.83. The van der Waals surface area contributed by atoms with E-state index in [0.717, 1.165) is 18.7 Å². The number of hydrogen-bond donors (Lipinski definition) is 0. The Bertz CT molecular complexity index is 337. The van der Waals surface area contributed by atoms with Crippen molar-refractivity contribution in [3.63, 3.8) is 0 Å². The first-order chi connectivity index (χ1) is 7.25. The number of likely N-dealkylation sites (N-methyl/N-ethyl adjacent to an activating group) is 1. The second kappa shape index (κ2) is 4.34. The number of esters is 1. The third kappa shape index (κ3) is 2.49. The minimum absolute atomic E-state index is 0.0581. The van der Waals surface area contributed by atoms with Crippen LogP contribution in [-0.4, -0.2) is 25.7 Å². The number of rotatable bonds is 3. The Morgan fingerprint density at radius 1 is 1.40 bits per heavy atom. The first-order valence-corrected chi connectivity index (χ1v) is 5.21. The molecule has 1 saturated heterocycles. The van der Waals surface area contributed by atoms with Crippen molar-refractivity contribution in [3.05, 3.63) is 30.3 Å². The molecular weight excluding hydrogens is 190 g/mol. The third-order valence-corrected chi connectivity index (χ3v) is 2.64. The molecule has 1 aromatic carbocycles. The van der Waals surface area contributed by atoms with Crippen LogP contribution in [0, 0.1) is 0 Å². The van der Waals surface area contributed by atoms with Gasteiger partial charge in [0, 0.05) is 19.2 Å². The summed E-state index contributed by atoms with van der Waals surface area (Å²) in [6.07, 6.45) is 1.46. The lowest BCUT2D eigenvalue weighted by Gasteiger charge is -2.22. The minimum atomic E-state index is -0.0681. The third-order valence-electron chi connectivity index (χ3n) is 2.64. The van der Waals surface area contributed by atoms with Crippen molar-refractivity contribution in [2.75, 3.05) is 18.5 Å². The summed E-state index contributed by atoms with van der Waals surface area (Å²) in [4.78, 5) is 13.0. The zero-order valence-corrected chi connectivity index (χ0v) is 8.85. The van der Waals surface area contributed by atoms with Gasteiger partial charge >= 0.3 is 5.97 Å². The molecule has 1 atom stereocenters. The molecule has 3 heteroatoms. The number of hydrogen-bond acceptors (Lipinski definition) is 3. The summed E-state index contributed by atoms with van der Waals surface area (Å²) in [5.74, 6) is -0.0681. The average molecular weight is 205 g/mol. The van der Waals surface area contributed by atoms with E-state index in [-0.39, 0.29) is 12.1 Å². The Morgan fingerprint density at radius 2 is 2.13 bits per heavy atom. The first-order valence-electron chi connectivity index (χ1n) is 5.21. The van der Waals surface area contributed by atoms with Crippen molar-refractivity contribution in [1.82, 2.24) is 0 Å². The lowest BCUT2D eigenvalue weighted by Crippen LogP contribution is -2.28. The number of anilines is 1. The van der Waals surface area contributed by atoms with Crippen LogP contribution in [0.1, 0.15) is 12.8 Å². The van der Waals surface area contributed by atoms with E-state index in [1.807, 2.05) is 25.2 Å². The SMILES string of the molecule is CN(CC1CCC(=O)O1)c1ccccc1. The smallest absolute Gasteiger partial charge is 0.306 e. The van der Waals surface area contributed by atoms with Gasteiger partial charge in [-0.15, -0.1) is 0 Å².